The van der Waals surface area contributed by atoms with Gasteiger partial charge >= 0.3 is 0 Å². The molecule has 1 amide bonds. The Kier molecular flexibility index (Phi) is 6.04. The normalized spacial score (nSPS) is 16.4. The van der Waals surface area contributed by atoms with Crippen LogP contribution in [0.4, 0.5) is 5.69 Å². The standard InChI is InChI=1S/C19H18Cl2N2O.ClH/c1-19(2)11-12-5-3-4-6-14(12)17(23-19)10-18(24)22-16-8-7-13(20)9-15(16)21;/h3-10,23H,11H2,1-2H3,(H,22,24);1H/b17-10+;. The SMILES string of the molecule is CC1(C)Cc2ccccc2/C(=C\C(=O)Nc2ccc(Cl)cc2Cl)N1.Cl. The Morgan fingerprint density at radius 2 is 1.92 bits per heavy atom. The number of hydrogen-bond donors (Lipinski definition) is 2. The van der Waals surface area contributed by atoms with Gasteiger partial charge in [-0.3, -0.25) is 4.79 Å². The van der Waals surface area contributed by atoms with E-state index in [-0.39, 0.29) is 23.9 Å². The summed E-state index contributed by atoms with van der Waals surface area (Å²) < 4.78 is 0. The summed E-state index contributed by atoms with van der Waals surface area (Å²) in [4.78, 5) is 12.4. The topological polar surface area (TPSA) is 41.1 Å². The number of hydrogen-bond acceptors (Lipinski definition) is 2. The molecule has 1 aliphatic heterocycles. The molecule has 0 unspecified atom stereocenters. The van der Waals surface area contributed by atoms with Gasteiger partial charge in [0.15, 0.2) is 0 Å². The van der Waals surface area contributed by atoms with E-state index in [0.717, 1.165) is 17.7 Å². The summed E-state index contributed by atoms with van der Waals surface area (Å²) in [7, 11) is 0. The van der Waals surface area contributed by atoms with Crippen molar-refractivity contribution in [1.82, 2.24) is 5.32 Å². The third kappa shape index (κ3) is 4.69. The van der Waals surface area contributed by atoms with Gasteiger partial charge < -0.3 is 10.6 Å². The second-order valence-electron chi connectivity index (χ2n) is 6.51. The minimum Gasteiger partial charge on any atom is -0.379 e. The van der Waals surface area contributed by atoms with Crippen molar-refractivity contribution in [2.24, 2.45) is 0 Å². The number of nitrogens with one attached hydrogen (secondary N) is 2. The zero-order valence-electron chi connectivity index (χ0n) is 13.9. The maximum Gasteiger partial charge on any atom is 0.250 e. The molecule has 0 bridgehead atoms. The molecule has 0 radical (unpaired) electrons. The van der Waals surface area contributed by atoms with Crippen molar-refractivity contribution in [1.29, 1.82) is 0 Å². The molecule has 0 saturated heterocycles. The number of halogens is 3. The number of rotatable bonds is 2. The Balaban J connectivity index is 0.00000225. The van der Waals surface area contributed by atoms with Crippen LogP contribution in [-0.2, 0) is 11.2 Å². The molecule has 0 aromatic heterocycles. The van der Waals surface area contributed by atoms with E-state index >= 15 is 0 Å². The van der Waals surface area contributed by atoms with Crippen LogP contribution in [0, 0.1) is 0 Å². The third-order valence-electron chi connectivity index (χ3n) is 3.88. The van der Waals surface area contributed by atoms with Gasteiger partial charge in [-0.25, -0.2) is 0 Å². The van der Waals surface area contributed by atoms with Gasteiger partial charge in [0, 0.05) is 27.9 Å². The highest BCUT2D eigenvalue weighted by Crippen LogP contribution is 2.30. The number of anilines is 1. The lowest BCUT2D eigenvalue weighted by molar-refractivity contribution is -0.111. The van der Waals surface area contributed by atoms with Gasteiger partial charge in [-0.05, 0) is 44.0 Å². The van der Waals surface area contributed by atoms with E-state index in [1.54, 1.807) is 24.3 Å². The molecule has 2 aromatic rings. The fraction of sp³-hybridized carbons (Fsp3) is 0.211. The molecule has 0 atom stereocenters. The quantitative estimate of drug-likeness (QED) is 0.673. The van der Waals surface area contributed by atoms with Crippen molar-refractivity contribution in [2.45, 2.75) is 25.8 Å². The van der Waals surface area contributed by atoms with Gasteiger partial charge in [0.25, 0.3) is 5.91 Å². The van der Waals surface area contributed by atoms with Gasteiger partial charge in [0.1, 0.15) is 0 Å². The molecule has 3 nitrogen and oxygen atoms in total. The molecule has 0 saturated carbocycles. The van der Waals surface area contributed by atoms with Gasteiger partial charge in [-0.2, -0.15) is 0 Å². The Morgan fingerprint density at radius 3 is 2.64 bits per heavy atom. The van der Waals surface area contributed by atoms with E-state index in [0.29, 0.717) is 15.7 Å². The molecule has 132 valence electrons. The lowest BCUT2D eigenvalue weighted by Crippen LogP contribution is -2.44. The number of carbonyl (C=O) groups excluding carboxylic acids is 1. The van der Waals surface area contributed by atoms with E-state index in [1.807, 2.05) is 18.2 Å². The van der Waals surface area contributed by atoms with Gasteiger partial charge in [0.05, 0.1) is 10.7 Å². The minimum atomic E-state index is -0.241. The number of benzene rings is 2. The molecular weight excluding hydrogens is 379 g/mol. The highest BCUT2D eigenvalue weighted by Gasteiger charge is 2.27. The van der Waals surface area contributed by atoms with Crippen molar-refractivity contribution in [3.63, 3.8) is 0 Å². The number of fused-ring (bicyclic) bond motifs is 1. The highest BCUT2D eigenvalue weighted by molar-refractivity contribution is 6.36. The average Bonchev–Trinajstić information content (AvgIpc) is 2.49. The van der Waals surface area contributed by atoms with Crippen molar-refractivity contribution < 1.29 is 4.79 Å². The van der Waals surface area contributed by atoms with Crippen molar-refractivity contribution in [3.05, 3.63) is 69.7 Å². The lowest BCUT2D eigenvalue weighted by atomic mass is 9.86. The van der Waals surface area contributed by atoms with Crippen LogP contribution in [0.15, 0.2) is 48.5 Å². The average molecular weight is 398 g/mol. The van der Waals surface area contributed by atoms with E-state index in [9.17, 15) is 4.79 Å². The second kappa shape index (κ2) is 7.69. The second-order valence-corrected chi connectivity index (χ2v) is 7.36. The van der Waals surface area contributed by atoms with Crippen LogP contribution in [0.2, 0.25) is 10.0 Å². The molecule has 3 rings (SSSR count). The van der Waals surface area contributed by atoms with E-state index in [1.165, 1.54) is 5.56 Å². The largest absolute Gasteiger partial charge is 0.379 e. The fourth-order valence-electron chi connectivity index (χ4n) is 2.89. The maximum absolute atomic E-state index is 12.4. The first-order chi connectivity index (χ1) is 11.3. The predicted molar refractivity (Wildman–Crippen MR) is 108 cm³/mol. The monoisotopic (exact) mass is 396 g/mol. The van der Waals surface area contributed by atoms with Crippen LogP contribution in [0.5, 0.6) is 0 Å². The zero-order chi connectivity index (χ0) is 17.3. The van der Waals surface area contributed by atoms with Crippen LogP contribution in [-0.4, -0.2) is 11.4 Å². The summed E-state index contributed by atoms with van der Waals surface area (Å²) in [5.41, 5.74) is 3.51. The van der Waals surface area contributed by atoms with E-state index in [4.69, 9.17) is 23.2 Å². The lowest BCUT2D eigenvalue weighted by Gasteiger charge is -2.35. The van der Waals surface area contributed by atoms with E-state index in [2.05, 4.69) is 30.5 Å². The Hall–Kier alpha value is -1.68. The van der Waals surface area contributed by atoms with Crippen LogP contribution < -0.4 is 10.6 Å². The first kappa shape index (κ1) is 19.6. The van der Waals surface area contributed by atoms with Gasteiger partial charge in [0.2, 0.25) is 0 Å². The molecule has 1 heterocycles. The molecule has 2 N–H and O–H groups in total. The Bertz CT molecular complexity index is 831. The molecule has 1 aliphatic rings. The van der Waals surface area contributed by atoms with E-state index < -0.39 is 0 Å². The molecular formula is C19H19Cl3N2O. The molecule has 0 fully saturated rings. The van der Waals surface area contributed by atoms with Crippen molar-refractivity contribution in [3.8, 4) is 0 Å². The summed E-state index contributed by atoms with van der Waals surface area (Å²) in [6, 6.07) is 13.1. The summed E-state index contributed by atoms with van der Waals surface area (Å²) in [5.74, 6) is -0.241. The maximum atomic E-state index is 12.4. The third-order valence-corrected chi connectivity index (χ3v) is 4.43. The van der Waals surface area contributed by atoms with Gasteiger partial charge in [-0.1, -0.05) is 47.5 Å². The number of amides is 1. The van der Waals surface area contributed by atoms with Crippen LogP contribution in [0.25, 0.3) is 5.70 Å². The predicted octanol–water partition coefficient (Wildman–Crippen LogP) is 5.32. The van der Waals surface area contributed by atoms with Gasteiger partial charge in [-0.15, -0.1) is 12.4 Å². The summed E-state index contributed by atoms with van der Waals surface area (Å²) in [6.07, 6.45) is 2.48. The first-order valence-electron chi connectivity index (χ1n) is 7.68. The number of carbonyl (C=O) groups is 1. The zero-order valence-corrected chi connectivity index (χ0v) is 16.2. The summed E-state index contributed by atoms with van der Waals surface area (Å²) in [6.45, 7) is 4.23. The van der Waals surface area contributed by atoms with Crippen LogP contribution >= 0.6 is 35.6 Å². The molecule has 2 aromatic carbocycles. The fourth-order valence-corrected chi connectivity index (χ4v) is 3.35. The van der Waals surface area contributed by atoms with Crippen molar-refractivity contribution in [2.75, 3.05) is 5.32 Å². The molecule has 0 spiro atoms. The van der Waals surface area contributed by atoms with Crippen LogP contribution in [0.1, 0.15) is 25.0 Å². The first-order valence-corrected chi connectivity index (χ1v) is 8.44. The van der Waals surface area contributed by atoms with Crippen LogP contribution in [0.3, 0.4) is 0 Å². The van der Waals surface area contributed by atoms with Crippen molar-refractivity contribution >= 4 is 52.9 Å². The summed E-state index contributed by atoms with van der Waals surface area (Å²) in [5, 5.41) is 7.17. The molecule has 6 heteroatoms. The molecule has 0 aliphatic carbocycles. The Morgan fingerprint density at radius 1 is 1.20 bits per heavy atom. The highest BCUT2D eigenvalue weighted by atomic mass is 35.5. The smallest absolute Gasteiger partial charge is 0.250 e. The minimum absolute atomic E-state index is 0. The Labute approximate surface area is 163 Å². The summed E-state index contributed by atoms with van der Waals surface area (Å²) >= 11 is 12.0. The molecule has 25 heavy (non-hydrogen) atoms.